The van der Waals surface area contributed by atoms with E-state index in [1.165, 1.54) is 6.07 Å². The average Bonchev–Trinajstić information content (AvgIpc) is 3.12. The summed E-state index contributed by atoms with van der Waals surface area (Å²) in [4.78, 5) is 0. The van der Waals surface area contributed by atoms with Crippen LogP contribution in [0.4, 0.5) is 0 Å². The molecule has 1 atom stereocenters. The van der Waals surface area contributed by atoms with Crippen molar-refractivity contribution in [2.24, 2.45) is 0 Å². The Balaban J connectivity index is 1.91. The van der Waals surface area contributed by atoms with E-state index in [4.69, 9.17) is 21.1 Å². The summed E-state index contributed by atoms with van der Waals surface area (Å²) in [6, 6.07) is 6.56. The van der Waals surface area contributed by atoms with E-state index >= 15 is 0 Å². The lowest BCUT2D eigenvalue weighted by Crippen LogP contribution is -2.26. The van der Waals surface area contributed by atoms with E-state index in [1.807, 2.05) is 12.1 Å². The Kier molecular flexibility index (Phi) is 4.55. The number of fused-ring (bicyclic) bond motifs is 1. The van der Waals surface area contributed by atoms with Gasteiger partial charge in [0, 0.05) is 6.04 Å². The molecular formula is C15H16ClNO4S2. The molecule has 0 spiro atoms. The average molecular weight is 374 g/mol. The Morgan fingerprint density at radius 1 is 1.22 bits per heavy atom. The van der Waals surface area contributed by atoms with Gasteiger partial charge in [0.1, 0.15) is 4.21 Å². The van der Waals surface area contributed by atoms with Gasteiger partial charge in [-0.25, -0.2) is 13.1 Å². The largest absolute Gasteiger partial charge is 0.493 e. The molecule has 1 aromatic heterocycles. The summed E-state index contributed by atoms with van der Waals surface area (Å²) in [5.41, 5.74) is 1.99. The van der Waals surface area contributed by atoms with Gasteiger partial charge in [-0.2, -0.15) is 0 Å². The summed E-state index contributed by atoms with van der Waals surface area (Å²) < 4.78 is 39.0. The topological polar surface area (TPSA) is 64.6 Å². The molecule has 1 N–H and O–H groups in total. The van der Waals surface area contributed by atoms with Crippen molar-refractivity contribution < 1.29 is 17.9 Å². The van der Waals surface area contributed by atoms with E-state index in [0.717, 1.165) is 28.9 Å². The molecule has 0 aliphatic heterocycles. The number of nitrogens with one attached hydrogen (secondary N) is 1. The number of ether oxygens (including phenoxy) is 2. The number of aryl methyl sites for hydroxylation is 1. The standard InChI is InChI=1S/C15H16ClNO4S2/c1-20-12-7-9-3-4-11(10(9)8-13(12)21-2)17-23(18,19)15-6-5-14(16)22-15/h5-8,11,17H,3-4H2,1-2H3. The van der Waals surface area contributed by atoms with Crippen LogP contribution in [0.3, 0.4) is 0 Å². The van der Waals surface area contributed by atoms with Gasteiger partial charge >= 0.3 is 0 Å². The molecule has 0 radical (unpaired) electrons. The quantitative estimate of drug-likeness (QED) is 0.872. The van der Waals surface area contributed by atoms with E-state index in [2.05, 4.69) is 4.72 Å². The van der Waals surface area contributed by atoms with Crippen LogP contribution >= 0.6 is 22.9 Å². The SMILES string of the molecule is COc1cc2c(cc1OC)C(NS(=O)(=O)c1ccc(Cl)s1)CC2. The third kappa shape index (κ3) is 3.19. The minimum Gasteiger partial charge on any atom is -0.493 e. The number of rotatable bonds is 5. The molecule has 0 saturated carbocycles. The monoisotopic (exact) mass is 373 g/mol. The molecule has 124 valence electrons. The molecule has 0 saturated heterocycles. The van der Waals surface area contributed by atoms with Crippen LogP contribution in [-0.4, -0.2) is 22.6 Å². The second-order valence-electron chi connectivity index (χ2n) is 5.18. The molecule has 1 aliphatic carbocycles. The summed E-state index contributed by atoms with van der Waals surface area (Å²) in [6.07, 6.45) is 1.48. The third-order valence-electron chi connectivity index (χ3n) is 3.83. The number of halogens is 1. The van der Waals surface area contributed by atoms with Crippen LogP contribution in [0.2, 0.25) is 4.34 Å². The molecule has 1 unspecified atom stereocenters. The number of methoxy groups -OCH3 is 2. The van der Waals surface area contributed by atoms with E-state index in [1.54, 1.807) is 20.3 Å². The number of benzene rings is 1. The van der Waals surface area contributed by atoms with Gasteiger partial charge in [-0.3, -0.25) is 0 Å². The number of hydrogen-bond acceptors (Lipinski definition) is 5. The van der Waals surface area contributed by atoms with Crippen molar-refractivity contribution in [1.29, 1.82) is 0 Å². The van der Waals surface area contributed by atoms with Crippen LogP contribution in [0.1, 0.15) is 23.6 Å². The van der Waals surface area contributed by atoms with Gasteiger partial charge in [-0.15, -0.1) is 11.3 Å². The Labute approximate surface area is 144 Å². The Morgan fingerprint density at radius 3 is 2.52 bits per heavy atom. The normalized spacial score (nSPS) is 17.1. The van der Waals surface area contributed by atoms with E-state index in [0.29, 0.717) is 22.3 Å². The van der Waals surface area contributed by atoms with Crippen molar-refractivity contribution in [2.75, 3.05) is 14.2 Å². The maximum absolute atomic E-state index is 12.5. The van der Waals surface area contributed by atoms with Gasteiger partial charge in [0.25, 0.3) is 10.0 Å². The highest BCUT2D eigenvalue weighted by molar-refractivity contribution is 7.91. The summed E-state index contributed by atoms with van der Waals surface area (Å²) in [6.45, 7) is 0. The van der Waals surface area contributed by atoms with Crippen molar-refractivity contribution in [3.05, 3.63) is 39.7 Å². The van der Waals surface area contributed by atoms with Crippen molar-refractivity contribution >= 4 is 33.0 Å². The molecule has 2 aromatic rings. The second kappa shape index (κ2) is 6.32. The third-order valence-corrected chi connectivity index (χ3v) is 7.03. The zero-order valence-electron chi connectivity index (χ0n) is 12.6. The minimum absolute atomic E-state index is 0.219. The Hall–Kier alpha value is -1.28. The first-order valence-corrected chi connectivity index (χ1v) is 9.65. The van der Waals surface area contributed by atoms with Crippen molar-refractivity contribution in [1.82, 2.24) is 4.72 Å². The highest BCUT2D eigenvalue weighted by Gasteiger charge is 2.29. The maximum atomic E-state index is 12.5. The molecule has 1 aliphatic rings. The van der Waals surface area contributed by atoms with Crippen LogP contribution < -0.4 is 14.2 Å². The van der Waals surface area contributed by atoms with Gasteiger partial charge < -0.3 is 9.47 Å². The number of sulfonamides is 1. The Bertz CT molecular complexity index is 832. The summed E-state index contributed by atoms with van der Waals surface area (Å²) in [5, 5.41) is 0. The highest BCUT2D eigenvalue weighted by atomic mass is 35.5. The first kappa shape index (κ1) is 16.6. The fourth-order valence-electron chi connectivity index (χ4n) is 2.74. The maximum Gasteiger partial charge on any atom is 0.250 e. The summed E-state index contributed by atoms with van der Waals surface area (Å²) >= 11 is 6.88. The highest BCUT2D eigenvalue weighted by Crippen LogP contribution is 2.40. The molecule has 0 amide bonds. The van der Waals surface area contributed by atoms with Crippen LogP contribution in [0.5, 0.6) is 11.5 Å². The minimum atomic E-state index is -3.59. The fraction of sp³-hybridized carbons (Fsp3) is 0.333. The number of hydrogen-bond donors (Lipinski definition) is 1. The molecule has 5 nitrogen and oxygen atoms in total. The summed E-state index contributed by atoms with van der Waals surface area (Å²) in [5.74, 6) is 1.25. The molecule has 23 heavy (non-hydrogen) atoms. The predicted molar refractivity (Wildman–Crippen MR) is 90.3 cm³/mol. The van der Waals surface area contributed by atoms with Crippen molar-refractivity contribution in [3.8, 4) is 11.5 Å². The van der Waals surface area contributed by atoms with Gasteiger partial charge in [-0.1, -0.05) is 11.6 Å². The predicted octanol–water partition coefficient (Wildman–Crippen LogP) is 3.38. The van der Waals surface area contributed by atoms with Gasteiger partial charge in [0.2, 0.25) is 0 Å². The van der Waals surface area contributed by atoms with E-state index in [-0.39, 0.29) is 10.3 Å². The zero-order valence-corrected chi connectivity index (χ0v) is 15.0. The molecule has 8 heteroatoms. The van der Waals surface area contributed by atoms with Crippen molar-refractivity contribution in [2.45, 2.75) is 23.1 Å². The lowest BCUT2D eigenvalue weighted by molar-refractivity contribution is 0.354. The van der Waals surface area contributed by atoms with Crippen LogP contribution in [0.25, 0.3) is 0 Å². The lowest BCUT2D eigenvalue weighted by Gasteiger charge is -2.16. The molecule has 1 aromatic carbocycles. The van der Waals surface area contributed by atoms with E-state index in [9.17, 15) is 8.42 Å². The zero-order chi connectivity index (χ0) is 16.6. The second-order valence-corrected chi connectivity index (χ2v) is 8.83. The molecule has 1 heterocycles. The fourth-order valence-corrected chi connectivity index (χ4v) is 5.49. The van der Waals surface area contributed by atoms with Crippen LogP contribution in [-0.2, 0) is 16.4 Å². The number of thiophene rings is 1. The van der Waals surface area contributed by atoms with Gasteiger partial charge in [-0.05, 0) is 48.2 Å². The van der Waals surface area contributed by atoms with Gasteiger partial charge in [0.05, 0.1) is 18.6 Å². The van der Waals surface area contributed by atoms with E-state index < -0.39 is 10.0 Å². The first-order valence-electron chi connectivity index (χ1n) is 6.97. The van der Waals surface area contributed by atoms with Gasteiger partial charge in [0.15, 0.2) is 11.5 Å². The Morgan fingerprint density at radius 2 is 1.91 bits per heavy atom. The van der Waals surface area contributed by atoms with Crippen LogP contribution in [0, 0.1) is 0 Å². The molecular weight excluding hydrogens is 358 g/mol. The van der Waals surface area contributed by atoms with Crippen LogP contribution in [0.15, 0.2) is 28.5 Å². The first-order chi connectivity index (χ1) is 10.9. The summed E-state index contributed by atoms with van der Waals surface area (Å²) in [7, 11) is -0.444. The molecule has 0 fully saturated rings. The molecule has 3 rings (SSSR count). The molecule has 0 bridgehead atoms. The lowest BCUT2D eigenvalue weighted by atomic mass is 10.1. The smallest absolute Gasteiger partial charge is 0.250 e. The van der Waals surface area contributed by atoms with Crippen molar-refractivity contribution in [3.63, 3.8) is 0 Å².